The van der Waals surface area contributed by atoms with Crippen molar-refractivity contribution in [3.63, 3.8) is 0 Å². The highest BCUT2D eigenvalue weighted by molar-refractivity contribution is 8.00. The number of amides is 1. The molecule has 5 aromatic rings. The maximum absolute atomic E-state index is 13.4. The molecular formula is C32H26N4OS. The van der Waals surface area contributed by atoms with Crippen LogP contribution < -0.4 is 5.32 Å². The van der Waals surface area contributed by atoms with Crippen molar-refractivity contribution < 1.29 is 4.79 Å². The summed E-state index contributed by atoms with van der Waals surface area (Å²) in [5.74, 6) is -0.168. The number of aromatic nitrogens is 2. The molecule has 0 aliphatic rings. The van der Waals surface area contributed by atoms with Gasteiger partial charge < -0.3 is 5.32 Å². The summed E-state index contributed by atoms with van der Waals surface area (Å²) in [6.45, 7) is 5.77. The highest BCUT2D eigenvalue weighted by Gasteiger charge is 2.22. The summed E-state index contributed by atoms with van der Waals surface area (Å²) in [7, 11) is 0. The average Bonchev–Trinajstić information content (AvgIpc) is 2.93. The minimum atomic E-state index is -0.501. The minimum Gasteiger partial charge on any atom is -0.324 e. The Kier molecular flexibility index (Phi) is 7.21. The van der Waals surface area contributed by atoms with E-state index in [1.165, 1.54) is 11.8 Å². The van der Waals surface area contributed by atoms with Gasteiger partial charge in [-0.15, -0.1) is 0 Å². The molecule has 0 aliphatic carbocycles. The van der Waals surface area contributed by atoms with Crippen LogP contribution >= 0.6 is 11.8 Å². The third-order valence-electron chi connectivity index (χ3n) is 6.29. The zero-order valence-electron chi connectivity index (χ0n) is 21.4. The summed E-state index contributed by atoms with van der Waals surface area (Å²) in [5.41, 5.74) is 7.41. The monoisotopic (exact) mass is 514 g/mol. The molecule has 3 aromatic carbocycles. The van der Waals surface area contributed by atoms with Crippen molar-refractivity contribution in [3.05, 3.63) is 108 Å². The number of anilines is 1. The molecule has 0 spiro atoms. The Labute approximate surface area is 226 Å². The Morgan fingerprint density at radius 3 is 2.34 bits per heavy atom. The summed E-state index contributed by atoms with van der Waals surface area (Å²) >= 11 is 1.29. The van der Waals surface area contributed by atoms with E-state index >= 15 is 0 Å². The van der Waals surface area contributed by atoms with Gasteiger partial charge in [0.15, 0.2) is 0 Å². The number of nitriles is 1. The Hall–Kier alpha value is -4.47. The Morgan fingerprint density at radius 2 is 1.61 bits per heavy atom. The van der Waals surface area contributed by atoms with Crippen LogP contribution in [-0.2, 0) is 4.79 Å². The van der Waals surface area contributed by atoms with Gasteiger partial charge in [-0.25, -0.2) is 4.98 Å². The fourth-order valence-corrected chi connectivity index (χ4v) is 5.22. The number of pyridine rings is 2. The second-order valence-corrected chi connectivity index (χ2v) is 10.5. The topological polar surface area (TPSA) is 78.7 Å². The van der Waals surface area contributed by atoms with Crippen LogP contribution in [0.25, 0.3) is 33.3 Å². The molecule has 0 fully saturated rings. The molecule has 0 radical (unpaired) electrons. The summed E-state index contributed by atoms with van der Waals surface area (Å²) in [4.78, 5) is 22.8. The molecule has 0 aliphatic heterocycles. The van der Waals surface area contributed by atoms with E-state index in [0.717, 1.165) is 50.2 Å². The summed E-state index contributed by atoms with van der Waals surface area (Å²) in [6.07, 6.45) is 0. The van der Waals surface area contributed by atoms with Gasteiger partial charge in [0.2, 0.25) is 5.91 Å². The van der Waals surface area contributed by atoms with E-state index in [4.69, 9.17) is 4.98 Å². The van der Waals surface area contributed by atoms with Gasteiger partial charge in [0.05, 0.1) is 27.7 Å². The molecular weight excluding hydrogens is 488 g/mol. The van der Waals surface area contributed by atoms with Gasteiger partial charge in [0.1, 0.15) is 11.1 Å². The number of nitrogens with one attached hydrogen (secondary N) is 1. The molecule has 0 saturated carbocycles. The first kappa shape index (κ1) is 25.2. The smallest absolute Gasteiger partial charge is 0.237 e. The van der Waals surface area contributed by atoms with E-state index in [1.54, 1.807) is 0 Å². The van der Waals surface area contributed by atoms with Crippen molar-refractivity contribution in [2.24, 2.45) is 0 Å². The molecule has 5 nitrogen and oxygen atoms in total. The Bertz CT molecular complexity index is 1670. The summed E-state index contributed by atoms with van der Waals surface area (Å²) in [5, 5.41) is 14.2. The lowest BCUT2D eigenvalue weighted by Crippen LogP contribution is -2.23. The van der Waals surface area contributed by atoms with Crippen LogP contribution in [0.5, 0.6) is 0 Å². The van der Waals surface area contributed by atoms with Crippen LogP contribution in [0.4, 0.5) is 5.69 Å². The lowest BCUT2D eigenvalue weighted by molar-refractivity contribution is -0.115. The fourth-order valence-electron chi connectivity index (χ4n) is 4.30. The maximum Gasteiger partial charge on any atom is 0.237 e. The first-order valence-corrected chi connectivity index (χ1v) is 13.2. The first-order chi connectivity index (χ1) is 18.4. The number of hydrogen-bond acceptors (Lipinski definition) is 5. The van der Waals surface area contributed by atoms with Gasteiger partial charge in [0, 0.05) is 22.2 Å². The number of rotatable bonds is 6. The quantitative estimate of drug-likeness (QED) is 0.236. The van der Waals surface area contributed by atoms with Crippen LogP contribution in [0.15, 0.2) is 96.0 Å². The fraction of sp³-hybridized carbons (Fsp3) is 0.125. The molecule has 2 heterocycles. The molecule has 2 aromatic heterocycles. The SMILES string of the molecule is Cc1ccc(-c2cc(-c3ccccc3)nc(SC(C)C(=O)Nc3cc(C)nc4ccccc34)c2C#N)cc1. The molecule has 5 rings (SSSR count). The number of carbonyl (C=O) groups is 1. The zero-order valence-corrected chi connectivity index (χ0v) is 22.2. The highest BCUT2D eigenvalue weighted by atomic mass is 32.2. The number of nitrogens with zero attached hydrogens (tertiary/aromatic N) is 3. The zero-order chi connectivity index (χ0) is 26.6. The summed E-state index contributed by atoms with van der Waals surface area (Å²) < 4.78 is 0. The van der Waals surface area contributed by atoms with Gasteiger partial charge in [-0.1, -0.05) is 90.1 Å². The summed E-state index contributed by atoms with van der Waals surface area (Å²) in [6, 6.07) is 31.9. The van der Waals surface area contributed by atoms with E-state index in [9.17, 15) is 10.1 Å². The van der Waals surface area contributed by atoms with E-state index in [1.807, 2.05) is 112 Å². The number of hydrogen-bond donors (Lipinski definition) is 1. The van der Waals surface area contributed by atoms with Gasteiger partial charge in [-0.05, 0) is 44.5 Å². The standard InChI is InChI=1S/C32H26N4OS/c1-20-13-15-23(16-14-20)26-18-29(24-9-5-4-6-10-24)36-32(27(26)19-33)38-22(3)31(37)35-30-17-21(2)34-28-12-8-7-11-25(28)30/h4-18,22H,1-3H3,(H,34,35,37). The van der Waals surface area contributed by atoms with Crippen LogP contribution in [0.1, 0.15) is 23.7 Å². The van der Waals surface area contributed by atoms with Crippen molar-refractivity contribution >= 4 is 34.3 Å². The average molecular weight is 515 g/mol. The lowest BCUT2D eigenvalue weighted by Gasteiger charge is -2.17. The van der Waals surface area contributed by atoms with Crippen molar-refractivity contribution in [3.8, 4) is 28.5 Å². The second kappa shape index (κ2) is 10.9. The first-order valence-electron chi connectivity index (χ1n) is 12.3. The van der Waals surface area contributed by atoms with Crippen molar-refractivity contribution in [2.45, 2.75) is 31.0 Å². The third-order valence-corrected chi connectivity index (χ3v) is 7.38. The van der Waals surface area contributed by atoms with Crippen molar-refractivity contribution in [2.75, 3.05) is 5.32 Å². The van der Waals surface area contributed by atoms with E-state index in [2.05, 4.69) is 16.4 Å². The van der Waals surface area contributed by atoms with Crippen LogP contribution in [0.2, 0.25) is 0 Å². The van der Waals surface area contributed by atoms with Crippen LogP contribution in [0.3, 0.4) is 0 Å². The van der Waals surface area contributed by atoms with Crippen LogP contribution in [-0.4, -0.2) is 21.1 Å². The molecule has 186 valence electrons. The minimum absolute atomic E-state index is 0.168. The number of fused-ring (bicyclic) bond motifs is 1. The predicted octanol–water partition coefficient (Wildman–Crippen LogP) is 7.57. The van der Waals surface area contributed by atoms with Crippen molar-refractivity contribution in [1.29, 1.82) is 5.26 Å². The second-order valence-electron chi connectivity index (χ2n) is 9.16. The van der Waals surface area contributed by atoms with E-state index in [0.29, 0.717) is 10.6 Å². The Morgan fingerprint density at radius 1 is 0.895 bits per heavy atom. The van der Waals surface area contributed by atoms with Gasteiger partial charge in [-0.2, -0.15) is 5.26 Å². The van der Waals surface area contributed by atoms with E-state index < -0.39 is 5.25 Å². The lowest BCUT2D eigenvalue weighted by atomic mass is 9.98. The Balaban J connectivity index is 1.52. The predicted molar refractivity (Wildman–Crippen MR) is 155 cm³/mol. The number of para-hydroxylation sites is 1. The molecule has 0 saturated heterocycles. The molecule has 1 atom stereocenters. The van der Waals surface area contributed by atoms with Crippen molar-refractivity contribution in [1.82, 2.24) is 9.97 Å². The maximum atomic E-state index is 13.4. The number of carbonyl (C=O) groups excluding carboxylic acids is 1. The van der Waals surface area contributed by atoms with Crippen LogP contribution in [0, 0.1) is 25.2 Å². The highest BCUT2D eigenvalue weighted by Crippen LogP contribution is 2.36. The number of thioether (sulfide) groups is 1. The van der Waals surface area contributed by atoms with E-state index in [-0.39, 0.29) is 5.91 Å². The van der Waals surface area contributed by atoms with Gasteiger partial charge in [-0.3, -0.25) is 9.78 Å². The molecule has 0 bridgehead atoms. The molecule has 38 heavy (non-hydrogen) atoms. The number of aryl methyl sites for hydroxylation is 2. The molecule has 1 unspecified atom stereocenters. The number of benzene rings is 3. The van der Waals surface area contributed by atoms with Gasteiger partial charge in [0.25, 0.3) is 0 Å². The third kappa shape index (κ3) is 5.29. The van der Waals surface area contributed by atoms with Gasteiger partial charge >= 0.3 is 0 Å². The largest absolute Gasteiger partial charge is 0.324 e. The normalized spacial score (nSPS) is 11.6. The molecule has 6 heteroatoms. The molecule has 1 N–H and O–H groups in total. The molecule has 1 amide bonds.